The zero-order valence-corrected chi connectivity index (χ0v) is 22.7. The number of rotatable bonds is 15. The van der Waals surface area contributed by atoms with Crippen LogP contribution in [-0.4, -0.2) is 74.3 Å². The van der Waals surface area contributed by atoms with Crippen molar-refractivity contribution >= 4 is 29.7 Å². The number of nitrogens with two attached hydrogens (primary N) is 1. The summed E-state index contributed by atoms with van der Waals surface area (Å²) in [6, 6.07) is 6.36. The molecule has 2 aromatic carbocycles. The Labute approximate surface area is 236 Å². The molecule has 2 rings (SSSR count). The minimum Gasteiger partial charge on any atom is -0.508 e. The summed E-state index contributed by atoms with van der Waals surface area (Å²) in [5.41, 5.74) is 6.74. The number of nitrogens with one attached hydrogen (secondary N) is 3. The quantitative estimate of drug-likeness (QED) is 0.145. The highest BCUT2D eigenvalue weighted by Crippen LogP contribution is 2.15. The van der Waals surface area contributed by atoms with Crippen molar-refractivity contribution in [3.63, 3.8) is 0 Å². The first-order valence-corrected chi connectivity index (χ1v) is 13.0. The summed E-state index contributed by atoms with van der Waals surface area (Å²) in [7, 11) is 0. The molecule has 0 heterocycles. The lowest BCUT2D eigenvalue weighted by molar-refractivity contribution is -0.143. The summed E-state index contributed by atoms with van der Waals surface area (Å²) < 4.78 is 0. The lowest BCUT2D eigenvalue weighted by Gasteiger charge is -2.26. The van der Waals surface area contributed by atoms with Crippen LogP contribution in [0.1, 0.15) is 37.8 Å². The van der Waals surface area contributed by atoms with Gasteiger partial charge in [0.15, 0.2) is 0 Å². The summed E-state index contributed by atoms with van der Waals surface area (Å²) in [6.45, 7) is 3.43. The van der Waals surface area contributed by atoms with Gasteiger partial charge in [-0.05, 0) is 41.3 Å². The second-order valence-electron chi connectivity index (χ2n) is 9.78. The fourth-order valence-electron chi connectivity index (χ4n) is 3.92. The van der Waals surface area contributed by atoms with Crippen molar-refractivity contribution in [1.82, 2.24) is 16.0 Å². The number of benzene rings is 2. The molecule has 222 valence electrons. The van der Waals surface area contributed by atoms with Crippen LogP contribution >= 0.6 is 0 Å². The summed E-state index contributed by atoms with van der Waals surface area (Å²) >= 11 is 0. The van der Waals surface area contributed by atoms with Crippen LogP contribution in [0, 0.1) is 5.92 Å². The van der Waals surface area contributed by atoms with Crippen molar-refractivity contribution in [3.8, 4) is 11.5 Å². The minimum absolute atomic E-state index is 0.0177. The number of aromatic hydroxyl groups is 2. The summed E-state index contributed by atoms with van der Waals surface area (Å²) in [4.78, 5) is 62.3. The number of amides is 3. The number of hydrogen-bond acceptors (Lipinski definition) is 8. The van der Waals surface area contributed by atoms with E-state index in [1.165, 1.54) is 48.5 Å². The first-order valence-electron chi connectivity index (χ1n) is 13.0. The van der Waals surface area contributed by atoms with Crippen molar-refractivity contribution in [2.45, 2.75) is 63.7 Å². The van der Waals surface area contributed by atoms with Gasteiger partial charge in [-0.25, -0.2) is 4.79 Å². The Morgan fingerprint density at radius 3 is 1.54 bits per heavy atom. The first kappa shape index (κ1) is 32.6. The van der Waals surface area contributed by atoms with Crippen molar-refractivity contribution in [2.24, 2.45) is 11.7 Å². The average Bonchev–Trinajstić information content (AvgIpc) is 2.92. The van der Waals surface area contributed by atoms with Crippen LogP contribution in [-0.2, 0) is 36.8 Å². The molecule has 2 aromatic rings. The van der Waals surface area contributed by atoms with Gasteiger partial charge in [0.1, 0.15) is 29.6 Å². The summed E-state index contributed by atoms with van der Waals surface area (Å²) in [5, 5.41) is 45.3. The van der Waals surface area contributed by atoms with E-state index in [1.807, 2.05) is 0 Å². The number of hydrogen-bond donors (Lipinski definition) is 8. The molecule has 13 heteroatoms. The molecule has 5 unspecified atom stereocenters. The third kappa shape index (κ3) is 10.4. The SMILES string of the molecule is CCC(C)C(NC(=O)C(Cc1ccc(O)cc1)NC(=O)C(Cc1ccc(O)cc1)NC(=O)C(N)CC(=O)O)C(=O)O. The van der Waals surface area contributed by atoms with Gasteiger partial charge in [-0.3, -0.25) is 19.2 Å². The van der Waals surface area contributed by atoms with E-state index in [2.05, 4.69) is 16.0 Å². The number of carboxylic acid groups (broad SMARTS) is 2. The Hall–Kier alpha value is -4.65. The lowest BCUT2D eigenvalue weighted by Crippen LogP contribution is -2.58. The molecule has 0 saturated heterocycles. The predicted molar refractivity (Wildman–Crippen MR) is 147 cm³/mol. The van der Waals surface area contributed by atoms with Crippen molar-refractivity contribution in [3.05, 3.63) is 59.7 Å². The molecule has 3 amide bonds. The van der Waals surface area contributed by atoms with Crippen LogP contribution in [0.15, 0.2) is 48.5 Å². The molecule has 0 saturated carbocycles. The maximum Gasteiger partial charge on any atom is 0.326 e. The molecule has 13 nitrogen and oxygen atoms in total. The van der Waals surface area contributed by atoms with Gasteiger partial charge in [0, 0.05) is 12.8 Å². The number of phenols is 2. The van der Waals surface area contributed by atoms with Gasteiger partial charge in [0.05, 0.1) is 12.5 Å². The number of carbonyl (C=O) groups is 5. The Balaban J connectivity index is 2.36. The number of aliphatic carboxylic acids is 2. The second-order valence-corrected chi connectivity index (χ2v) is 9.78. The fraction of sp³-hybridized carbons (Fsp3) is 0.393. The van der Waals surface area contributed by atoms with E-state index in [9.17, 15) is 39.3 Å². The summed E-state index contributed by atoms with van der Waals surface area (Å²) in [6.07, 6.45) is -0.403. The molecule has 0 aliphatic carbocycles. The molecule has 0 aliphatic heterocycles. The van der Waals surface area contributed by atoms with Crippen molar-refractivity contribution < 1.29 is 44.4 Å². The standard InChI is InChI=1S/C28H36N4O9/c1-3-15(2)24(28(40)41)32-27(39)22(13-17-6-10-19(34)11-7-17)31-26(38)21(12-16-4-8-18(33)9-5-16)30-25(37)20(29)14-23(35)36/h4-11,15,20-22,24,33-34H,3,12-14,29H2,1-2H3,(H,30,37)(H,31,38)(H,32,39)(H,35,36)(H,40,41). The molecule has 0 spiro atoms. The minimum atomic E-state index is -1.45. The number of carboxylic acids is 2. The van der Waals surface area contributed by atoms with Gasteiger partial charge in [0.25, 0.3) is 0 Å². The van der Waals surface area contributed by atoms with Gasteiger partial charge in [-0.1, -0.05) is 44.5 Å². The Morgan fingerprint density at radius 1 is 0.732 bits per heavy atom. The predicted octanol–water partition coefficient (Wildman–Crippen LogP) is 0.270. The van der Waals surface area contributed by atoms with Crippen LogP contribution in [0.25, 0.3) is 0 Å². The molecular formula is C28H36N4O9. The average molecular weight is 573 g/mol. The molecule has 0 radical (unpaired) electrons. The number of carbonyl (C=O) groups excluding carboxylic acids is 3. The lowest BCUT2D eigenvalue weighted by atomic mass is 9.97. The van der Waals surface area contributed by atoms with E-state index < -0.39 is 66.2 Å². The maximum absolute atomic E-state index is 13.5. The zero-order valence-electron chi connectivity index (χ0n) is 22.7. The molecule has 41 heavy (non-hydrogen) atoms. The maximum atomic E-state index is 13.5. The van der Waals surface area contributed by atoms with Crippen molar-refractivity contribution in [2.75, 3.05) is 0 Å². The van der Waals surface area contributed by atoms with E-state index in [4.69, 9.17) is 10.8 Å². The molecule has 0 bridgehead atoms. The van der Waals surface area contributed by atoms with Gasteiger partial charge in [-0.15, -0.1) is 0 Å². The number of phenolic OH excluding ortho intramolecular Hbond substituents is 2. The Bertz CT molecular complexity index is 1220. The van der Waals surface area contributed by atoms with E-state index in [0.717, 1.165) is 0 Å². The van der Waals surface area contributed by atoms with Crippen LogP contribution < -0.4 is 21.7 Å². The highest BCUT2D eigenvalue weighted by molar-refractivity contribution is 5.95. The van der Waals surface area contributed by atoms with Gasteiger partial charge in [-0.2, -0.15) is 0 Å². The topological polar surface area (TPSA) is 228 Å². The smallest absolute Gasteiger partial charge is 0.326 e. The first-order chi connectivity index (χ1) is 19.3. The van der Waals surface area contributed by atoms with E-state index in [1.54, 1.807) is 13.8 Å². The van der Waals surface area contributed by atoms with Crippen LogP contribution in [0.5, 0.6) is 11.5 Å². The second kappa shape index (κ2) is 15.2. The fourth-order valence-corrected chi connectivity index (χ4v) is 3.92. The highest BCUT2D eigenvalue weighted by Gasteiger charge is 2.32. The normalized spacial score (nSPS) is 14.5. The van der Waals surface area contributed by atoms with E-state index in [-0.39, 0.29) is 24.3 Å². The molecule has 0 aromatic heterocycles. The zero-order chi connectivity index (χ0) is 30.7. The van der Waals surface area contributed by atoms with Crippen LogP contribution in [0.4, 0.5) is 0 Å². The Morgan fingerprint density at radius 2 is 1.15 bits per heavy atom. The molecule has 0 aliphatic rings. The highest BCUT2D eigenvalue weighted by atomic mass is 16.4. The molecular weight excluding hydrogens is 536 g/mol. The summed E-state index contributed by atoms with van der Waals surface area (Å²) in [5.74, 6) is -5.52. The van der Waals surface area contributed by atoms with Gasteiger partial charge >= 0.3 is 11.9 Å². The van der Waals surface area contributed by atoms with Crippen LogP contribution in [0.3, 0.4) is 0 Å². The third-order valence-electron chi connectivity index (χ3n) is 6.53. The Kier molecular flexibility index (Phi) is 12.1. The van der Waals surface area contributed by atoms with Crippen molar-refractivity contribution in [1.29, 1.82) is 0 Å². The largest absolute Gasteiger partial charge is 0.508 e. The molecule has 5 atom stereocenters. The molecule has 0 fully saturated rings. The van der Waals surface area contributed by atoms with Gasteiger partial charge < -0.3 is 42.1 Å². The monoisotopic (exact) mass is 572 g/mol. The van der Waals surface area contributed by atoms with Gasteiger partial charge in [0.2, 0.25) is 17.7 Å². The van der Waals surface area contributed by atoms with Crippen LogP contribution in [0.2, 0.25) is 0 Å². The van der Waals surface area contributed by atoms with E-state index in [0.29, 0.717) is 17.5 Å². The van der Waals surface area contributed by atoms with E-state index >= 15 is 0 Å². The molecule has 9 N–H and O–H groups in total. The third-order valence-corrected chi connectivity index (χ3v) is 6.53.